The van der Waals surface area contributed by atoms with Crippen molar-refractivity contribution in [2.45, 2.75) is 58.2 Å². The van der Waals surface area contributed by atoms with Crippen molar-refractivity contribution < 1.29 is 14.0 Å². The Bertz CT molecular complexity index is 588. The lowest BCUT2D eigenvalue weighted by Crippen LogP contribution is -2.50. The van der Waals surface area contributed by atoms with Crippen molar-refractivity contribution in [2.75, 3.05) is 11.6 Å². The number of carbonyl (C=O) groups is 2. The molecule has 0 atom stereocenters. The number of nitrogens with zero attached hydrogens (tertiary/aromatic N) is 1. The lowest BCUT2D eigenvalue weighted by Gasteiger charge is -2.42. The average Bonchev–Trinajstić information content (AvgIpc) is 2.72. The highest BCUT2D eigenvalue weighted by Gasteiger charge is 2.46. The van der Waals surface area contributed by atoms with E-state index in [2.05, 4.69) is 41.5 Å². The van der Waals surface area contributed by atoms with Crippen molar-refractivity contribution in [2.24, 2.45) is 0 Å². The van der Waals surface area contributed by atoms with E-state index in [0.29, 0.717) is 27.9 Å². The van der Waals surface area contributed by atoms with E-state index in [1.807, 2.05) is 12.1 Å². The molecule has 1 heterocycles. The Hall–Kier alpha value is -1.46. The van der Waals surface area contributed by atoms with Crippen LogP contribution in [0.5, 0.6) is 0 Å². The number of benzene rings is 1. The molecular weight excluding hydrogens is 306 g/mol. The van der Waals surface area contributed by atoms with E-state index in [1.54, 1.807) is 12.1 Å². The Labute approximate surface area is 140 Å². The highest BCUT2D eigenvalue weighted by atomic mass is 28.4. The maximum atomic E-state index is 12.3. The second-order valence-corrected chi connectivity index (χ2v) is 12.6. The largest absolute Gasteiger partial charge is 0.398 e. The van der Waals surface area contributed by atoms with Crippen LogP contribution >= 0.6 is 0 Å². The van der Waals surface area contributed by atoms with Crippen molar-refractivity contribution in [1.82, 2.24) is 0 Å². The van der Waals surface area contributed by atoms with Crippen LogP contribution in [0.4, 0.5) is 5.69 Å². The molecule has 0 bridgehead atoms. The van der Waals surface area contributed by atoms with Crippen LogP contribution in [0.3, 0.4) is 0 Å². The van der Waals surface area contributed by atoms with Gasteiger partial charge in [0.15, 0.2) is 0 Å². The highest BCUT2D eigenvalue weighted by Crippen LogP contribution is 2.42. The predicted molar refractivity (Wildman–Crippen MR) is 95.3 cm³/mol. The number of amides is 1. The lowest BCUT2D eigenvalue weighted by molar-refractivity contribution is -0.114. The second kappa shape index (κ2) is 6.57. The number of ketones is 1. The molecule has 0 aromatic heterocycles. The van der Waals surface area contributed by atoms with Crippen LogP contribution < -0.4 is 4.90 Å². The van der Waals surface area contributed by atoms with Crippen molar-refractivity contribution >= 4 is 25.7 Å². The molecule has 0 saturated carbocycles. The Kier molecular flexibility index (Phi) is 5.11. The minimum absolute atomic E-state index is 0.169. The topological polar surface area (TPSA) is 46.6 Å². The third-order valence-corrected chi connectivity index (χ3v) is 11.1. The fourth-order valence-electron chi connectivity index (χ4n) is 4.05. The maximum absolute atomic E-state index is 12.3. The minimum Gasteiger partial charge on any atom is -0.398 e. The average molecular weight is 334 g/mol. The highest BCUT2D eigenvalue weighted by molar-refractivity contribution is 6.77. The molecule has 0 radical (unpaired) electrons. The van der Waals surface area contributed by atoms with Gasteiger partial charge in [0.05, 0.1) is 11.3 Å². The number of para-hydroxylation sites is 1. The zero-order valence-corrected chi connectivity index (χ0v) is 15.9. The smallest absolute Gasteiger partial charge is 0.301 e. The molecule has 4 nitrogen and oxygen atoms in total. The van der Waals surface area contributed by atoms with E-state index in [1.165, 1.54) is 4.90 Å². The second-order valence-electron chi connectivity index (χ2n) is 7.17. The number of hydrogen-bond acceptors (Lipinski definition) is 3. The van der Waals surface area contributed by atoms with Crippen molar-refractivity contribution in [3.8, 4) is 0 Å². The zero-order chi connectivity index (χ0) is 17.4. The minimum atomic E-state index is -2.07. The summed E-state index contributed by atoms with van der Waals surface area (Å²) < 4.78 is 6.47. The molecule has 1 aromatic rings. The van der Waals surface area contributed by atoms with Crippen LogP contribution in [-0.2, 0) is 9.22 Å². The summed E-state index contributed by atoms with van der Waals surface area (Å²) in [5.41, 5.74) is 2.46. The van der Waals surface area contributed by atoms with E-state index in [-0.39, 0.29) is 6.73 Å². The van der Waals surface area contributed by atoms with Crippen molar-refractivity contribution in [1.29, 1.82) is 0 Å². The molecule has 0 N–H and O–H groups in total. The summed E-state index contributed by atoms with van der Waals surface area (Å²) in [7, 11) is -2.07. The van der Waals surface area contributed by atoms with Crippen LogP contribution in [-0.4, -0.2) is 26.7 Å². The van der Waals surface area contributed by atoms with Gasteiger partial charge in [0, 0.05) is 0 Å². The van der Waals surface area contributed by atoms with Gasteiger partial charge in [-0.3, -0.25) is 14.5 Å². The van der Waals surface area contributed by atoms with Crippen LogP contribution in [0, 0.1) is 0 Å². The number of carbonyl (C=O) groups excluding carboxylic acids is 2. The molecule has 0 aliphatic carbocycles. The van der Waals surface area contributed by atoms with Gasteiger partial charge in [0.25, 0.3) is 5.78 Å². The SMILES string of the molecule is CC(C)[Si](OCN1C(=O)C(=O)c2ccccc21)(C(C)C)C(C)C. The lowest BCUT2D eigenvalue weighted by atomic mass is 10.1. The molecular formula is C18H27NO3Si. The quantitative estimate of drug-likeness (QED) is 0.574. The first-order valence-corrected chi connectivity index (χ1v) is 10.5. The summed E-state index contributed by atoms with van der Waals surface area (Å²) >= 11 is 0. The summed E-state index contributed by atoms with van der Waals surface area (Å²) in [5.74, 6) is -0.916. The fourth-order valence-corrected chi connectivity index (χ4v) is 9.41. The van der Waals surface area contributed by atoms with Gasteiger partial charge < -0.3 is 4.43 Å². The molecule has 2 rings (SSSR count). The fraction of sp³-hybridized carbons (Fsp3) is 0.556. The van der Waals surface area contributed by atoms with Crippen LogP contribution in [0.25, 0.3) is 0 Å². The molecule has 0 spiro atoms. The summed E-state index contributed by atoms with van der Waals surface area (Å²) in [6.45, 7) is 13.4. The standard InChI is InChI=1S/C18H27NO3Si/c1-12(2)23(13(3)4,14(5)6)22-11-19-16-10-8-7-9-15(16)17(20)18(19)21/h7-10,12-14H,11H2,1-6H3. The van der Waals surface area contributed by atoms with E-state index in [0.717, 1.165) is 0 Å². The third-order valence-electron chi connectivity index (χ3n) is 5.03. The van der Waals surface area contributed by atoms with E-state index in [9.17, 15) is 9.59 Å². The van der Waals surface area contributed by atoms with Crippen molar-refractivity contribution in [3.05, 3.63) is 29.8 Å². The number of rotatable bonds is 6. The molecule has 5 heteroatoms. The number of fused-ring (bicyclic) bond motifs is 1. The summed E-state index contributed by atoms with van der Waals surface area (Å²) in [6, 6.07) is 7.14. The van der Waals surface area contributed by atoms with E-state index in [4.69, 9.17) is 4.43 Å². The van der Waals surface area contributed by atoms with Crippen LogP contribution in [0.15, 0.2) is 24.3 Å². The number of anilines is 1. The summed E-state index contributed by atoms with van der Waals surface area (Å²) in [5, 5.41) is 0. The Morgan fingerprint density at radius 2 is 1.48 bits per heavy atom. The predicted octanol–water partition coefficient (Wildman–Crippen LogP) is 4.37. The van der Waals surface area contributed by atoms with Gasteiger partial charge in [-0.25, -0.2) is 0 Å². The third kappa shape index (κ3) is 2.88. The van der Waals surface area contributed by atoms with Crippen molar-refractivity contribution in [3.63, 3.8) is 0 Å². The Morgan fingerprint density at radius 3 is 2.00 bits per heavy atom. The molecule has 0 fully saturated rings. The van der Waals surface area contributed by atoms with E-state index < -0.39 is 20.0 Å². The van der Waals surface area contributed by atoms with Gasteiger partial charge in [0.1, 0.15) is 6.73 Å². The molecule has 0 saturated heterocycles. The zero-order valence-electron chi connectivity index (χ0n) is 14.9. The van der Waals surface area contributed by atoms with Gasteiger partial charge >= 0.3 is 5.91 Å². The number of hydrogen-bond donors (Lipinski definition) is 0. The summed E-state index contributed by atoms with van der Waals surface area (Å²) in [4.78, 5) is 25.9. The molecule has 1 aromatic carbocycles. The van der Waals surface area contributed by atoms with Gasteiger partial charge in [-0.2, -0.15) is 0 Å². The molecule has 0 unspecified atom stereocenters. The summed E-state index contributed by atoms with van der Waals surface area (Å²) in [6.07, 6.45) is 0. The van der Waals surface area contributed by atoms with Gasteiger partial charge in [-0.15, -0.1) is 0 Å². The van der Waals surface area contributed by atoms with Crippen LogP contribution in [0.1, 0.15) is 51.9 Å². The first-order valence-electron chi connectivity index (χ1n) is 8.32. The molecule has 126 valence electrons. The monoisotopic (exact) mass is 333 g/mol. The van der Waals surface area contributed by atoms with Gasteiger partial charge in [0.2, 0.25) is 8.32 Å². The normalized spacial score (nSPS) is 15.3. The number of Topliss-reactive ketones (excluding diaryl/α,β-unsaturated/α-hetero) is 1. The molecule has 1 aliphatic rings. The first kappa shape index (κ1) is 17.9. The van der Waals surface area contributed by atoms with E-state index >= 15 is 0 Å². The Morgan fingerprint density at radius 1 is 0.957 bits per heavy atom. The first-order chi connectivity index (χ1) is 10.7. The van der Waals surface area contributed by atoms with Crippen LogP contribution in [0.2, 0.25) is 16.6 Å². The molecule has 23 heavy (non-hydrogen) atoms. The molecule has 1 amide bonds. The van der Waals surface area contributed by atoms with Gasteiger partial charge in [-0.1, -0.05) is 53.7 Å². The molecule has 1 aliphatic heterocycles. The maximum Gasteiger partial charge on any atom is 0.301 e. The van der Waals surface area contributed by atoms with Gasteiger partial charge in [-0.05, 0) is 28.8 Å². The Balaban J connectivity index is 2.29.